The van der Waals surface area contributed by atoms with Crippen molar-refractivity contribution in [3.63, 3.8) is 0 Å². The number of hydrazine groups is 1. The monoisotopic (exact) mass is 715 g/mol. The van der Waals surface area contributed by atoms with E-state index in [9.17, 15) is 9.59 Å². The van der Waals surface area contributed by atoms with Gasteiger partial charge in [0, 0.05) is 19.1 Å². The minimum atomic E-state index is -0.311. The maximum absolute atomic E-state index is 13.8. The van der Waals surface area contributed by atoms with Crippen molar-refractivity contribution < 1.29 is 11.0 Å². The maximum atomic E-state index is 13.8. The van der Waals surface area contributed by atoms with E-state index in [1.54, 1.807) is 18.1 Å². The quantitative estimate of drug-likeness (QED) is 0.207. The Morgan fingerprint density at radius 1 is 1.00 bits per heavy atom. The molecule has 1 saturated heterocycles. The number of ketones is 2. The van der Waals surface area contributed by atoms with Gasteiger partial charge < -0.3 is 4.90 Å². The fourth-order valence-electron chi connectivity index (χ4n) is 8.34. The van der Waals surface area contributed by atoms with Crippen LogP contribution in [0.1, 0.15) is 162 Å². The molecular weight excluding hydrogens is 641 g/mol. The number of benzene rings is 1. The van der Waals surface area contributed by atoms with E-state index >= 15 is 0 Å². The fourth-order valence-corrected chi connectivity index (χ4v) is 8.34. The van der Waals surface area contributed by atoms with E-state index < -0.39 is 0 Å². The lowest BCUT2D eigenvalue weighted by Gasteiger charge is -2.32. The van der Waals surface area contributed by atoms with Crippen LogP contribution in [-0.2, 0) is 11.2 Å². The smallest absolute Gasteiger partial charge is 0.190 e. The first-order valence-electron chi connectivity index (χ1n) is 20.7. The highest BCUT2D eigenvalue weighted by atomic mass is 16.1. The number of hydrogen-bond acceptors (Lipinski definition) is 6. The van der Waals surface area contributed by atoms with E-state index in [0.29, 0.717) is 30.6 Å². The summed E-state index contributed by atoms with van der Waals surface area (Å²) in [6.07, 6.45) is 11.8. The Morgan fingerprint density at radius 2 is 1.67 bits per heavy atom. The largest absolute Gasteiger partial charge is 0.322 e. The van der Waals surface area contributed by atoms with Crippen molar-refractivity contribution in [3.05, 3.63) is 93.3 Å². The van der Waals surface area contributed by atoms with Crippen LogP contribution in [0.4, 0.5) is 0 Å². The van der Waals surface area contributed by atoms with Gasteiger partial charge in [0.1, 0.15) is 5.71 Å². The van der Waals surface area contributed by atoms with E-state index in [2.05, 4.69) is 48.0 Å². The van der Waals surface area contributed by atoms with Crippen LogP contribution in [0.5, 0.6) is 0 Å². The second-order valence-electron chi connectivity index (χ2n) is 13.4. The standard InChI is InChI=1S/C36H42N4O2.5C2H6.H2/c1-19-11-25-14-29(31-16-32(31)30(25)12-19)20(2)13-21(3)34-17-33(38-36-39-37-18-40(34)36)35(42)15-24-7-6-8-27-22(4)26(23(5)41)9-10-28(24)27;5*1-2;/h9-10,14,17,20,24,31-32,36-37,39H,1,3,6-8,11-13,15-16,18H2,2,4-5H3;5*1-2H3;1H/t20?,24-,31?,32?,36?;;;;;;/m1....../s1. The van der Waals surface area contributed by atoms with Gasteiger partial charge in [-0.05, 0) is 116 Å². The number of aliphatic imine (C=N–C) groups is 1. The van der Waals surface area contributed by atoms with Crippen molar-refractivity contribution in [2.75, 3.05) is 6.67 Å². The molecule has 1 saturated carbocycles. The SMILES string of the molecule is C=C1CC2=C(C1)C1CC1C(C(C)CC(=C)C1=CC(C(=O)C[C@H]3CCCc4c3ccc(C(C)=O)c4C)=NC3NNCN13)=C2.CC.CC.CC.CC.CC.[HH]. The molecule has 0 amide bonds. The average Bonchev–Trinajstić information content (AvgIpc) is 3.67. The first-order valence-corrected chi connectivity index (χ1v) is 20.7. The molecule has 6 nitrogen and oxygen atoms in total. The zero-order valence-corrected chi connectivity index (χ0v) is 35.2. The molecule has 0 bridgehead atoms. The topological polar surface area (TPSA) is 73.8 Å². The van der Waals surface area contributed by atoms with Crippen molar-refractivity contribution in [3.8, 4) is 0 Å². The van der Waals surface area contributed by atoms with Crippen LogP contribution < -0.4 is 10.9 Å². The van der Waals surface area contributed by atoms with Crippen molar-refractivity contribution in [2.45, 2.75) is 154 Å². The molecule has 0 spiro atoms. The lowest BCUT2D eigenvalue weighted by Crippen LogP contribution is -2.40. The summed E-state index contributed by atoms with van der Waals surface area (Å²) in [7, 11) is 0. The van der Waals surface area contributed by atoms with Crippen LogP contribution >= 0.6 is 0 Å². The maximum Gasteiger partial charge on any atom is 0.190 e. The summed E-state index contributed by atoms with van der Waals surface area (Å²) in [4.78, 5) is 32.9. The molecule has 4 unspecified atom stereocenters. The third-order valence-corrected chi connectivity index (χ3v) is 10.6. The van der Waals surface area contributed by atoms with Gasteiger partial charge in [-0.15, -0.1) is 0 Å². The third-order valence-electron chi connectivity index (χ3n) is 10.6. The number of nitrogens with zero attached hydrogens (tertiary/aromatic N) is 2. The van der Waals surface area contributed by atoms with Crippen LogP contribution in [0.2, 0.25) is 0 Å². The number of rotatable bonds is 8. The second kappa shape index (κ2) is 21.4. The minimum absolute atomic E-state index is 0. The van der Waals surface area contributed by atoms with Gasteiger partial charge in [-0.25, -0.2) is 15.8 Å². The highest BCUT2D eigenvalue weighted by molar-refractivity contribution is 6.44. The molecule has 52 heavy (non-hydrogen) atoms. The number of nitrogens with one attached hydrogen (secondary N) is 2. The highest BCUT2D eigenvalue weighted by Crippen LogP contribution is 2.59. The van der Waals surface area contributed by atoms with Gasteiger partial charge in [0.25, 0.3) is 0 Å². The number of carbonyl (C=O) groups excluding carboxylic acids is 2. The number of hydrogen-bond donors (Lipinski definition) is 2. The van der Waals surface area contributed by atoms with Crippen molar-refractivity contribution >= 4 is 17.3 Å². The highest BCUT2D eigenvalue weighted by Gasteiger charge is 2.48. The fraction of sp³-hybridized carbons (Fsp3) is 0.587. The van der Waals surface area contributed by atoms with Crippen LogP contribution in [0.25, 0.3) is 0 Å². The van der Waals surface area contributed by atoms with Gasteiger partial charge in [-0.2, -0.15) is 0 Å². The molecule has 290 valence electrons. The molecule has 7 rings (SSSR count). The molecule has 2 N–H and O–H groups in total. The molecule has 1 aromatic carbocycles. The minimum Gasteiger partial charge on any atom is -0.322 e. The Bertz CT molecular complexity index is 1560. The van der Waals surface area contributed by atoms with E-state index in [4.69, 9.17) is 4.99 Å². The Hall–Kier alpha value is -3.35. The summed E-state index contributed by atoms with van der Waals surface area (Å²) in [6.45, 7) is 35.4. The Labute approximate surface area is 319 Å². The molecule has 2 heterocycles. The van der Waals surface area contributed by atoms with Crippen molar-refractivity contribution in [1.82, 2.24) is 15.8 Å². The zero-order chi connectivity index (χ0) is 39.3. The van der Waals surface area contributed by atoms with Crippen LogP contribution in [-0.4, -0.2) is 35.1 Å². The average molecular weight is 715 g/mol. The summed E-state index contributed by atoms with van der Waals surface area (Å²) < 4.78 is 0. The number of Topliss-reactive ketones (excluding diaryl/α,β-unsaturated/α-hetero) is 2. The van der Waals surface area contributed by atoms with E-state index in [1.807, 2.05) is 88.3 Å². The predicted molar refractivity (Wildman–Crippen MR) is 226 cm³/mol. The van der Waals surface area contributed by atoms with Gasteiger partial charge in [0.2, 0.25) is 0 Å². The molecule has 0 aromatic heterocycles. The number of allylic oxidation sites excluding steroid dienone is 7. The summed E-state index contributed by atoms with van der Waals surface area (Å²) in [5, 5.41) is 0. The second-order valence-corrected chi connectivity index (χ2v) is 13.4. The first kappa shape index (κ1) is 44.8. The van der Waals surface area contributed by atoms with Gasteiger partial charge in [-0.1, -0.05) is 124 Å². The molecule has 5 atom stereocenters. The molecule has 6 heteroatoms. The van der Waals surface area contributed by atoms with Crippen molar-refractivity contribution in [1.29, 1.82) is 0 Å². The molecule has 2 fully saturated rings. The van der Waals surface area contributed by atoms with Crippen LogP contribution in [0, 0.1) is 24.7 Å². The zero-order valence-electron chi connectivity index (χ0n) is 35.2. The van der Waals surface area contributed by atoms with Gasteiger partial charge in [-0.3, -0.25) is 9.59 Å². The van der Waals surface area contributed by atoms with Gasteiger partial charge >= 0.3 is 0 Å². The molecule has 0 radical (unpaired) electrons. The molecule has 4 aliphatic carbocycles. The first-order chi connectivity index (χ1) is 25.2. The van der Waals surface area contributed by atoms with Gasteiger partial charge in [0.05, 0.1) is 6.67 Å². The normalized spacial score (nSPS) is 23.4. The third kappa shape index (κ3) is 9.79. The van der Waals surface area contributed by atoms with Crippen LogP contribution in [0.3, 0.4) is 0 Å². The summed E-state index contributed by atoms with van der Waals surface area (Å²) >= 11 is 0. The number of carbonyl (C=O) groups is 2. The summed E-state index contributed by atoms with van der Waals surface area (Å²) in [5.41, 5.74) is 19.5. The molecule has 6 aliphatic rings. The van der Waals surface area contributed by atoms with Gasteiger partial charge in [0.15, 0.2) is 17.9 Å². The summed E-state index contributed by atoms with van der Waals surface area (Å²) in [6, 6.07) is 4.02. The van der Waals surface area contributed by atoms with E-state index in [1.165, 1.54) is 28.7 Å². The van der Waals surface area contributed by atoms with Crippen LogP contribution in [0.15, 0.2) is 76.0 Å². The summed E-state index contributed by atoms with van der Waals surface area (Å²) in [5.74, 6) is 2.14. The van der Waals surface area contributed by atoms with Crippen molar-refractivity contribution in [2.24, 2.45) is 22.7 Å². The Kier molecular flexibility index (Phi) is 18.4. The lowest BCUT2D eigenvalue weighted by molar-refractivity contribution is -0.113. The molecule has 2 aliphatic heterocycles. The number of fused-ring (bicyclic) bond motifs is 4. The lowest BCUT2D eigenvalue weighted by atomic mass is 9.77. The van der Waals surface area contributed by atoms with E-state index in [-0.39, 0.29) is 25.2 Å². The predicted octanol–water partition coefficient (Wildman–Crippen LogP) is 11.7. The van der Waals surface area contributed by atoms with E-state index in [0.717, 1.165) is 66.8 Å². The Balaban J connectivity index is 0.00000118. The molecule has 1 aromatic rings. The molecular formula is C46H74N4O2. The Morgan fingerprint density at radius 3 is 2.33 bits per heavy atom.